The third-order valence-electron chi connectivity index (χ3n) is 4.04. The van der Waals surface area contributed by atoms with Crippen LogP contribution in [0.3, 0.4) is 0 Å². The van der Waals surface area contributed by atoms with Crippen LogP contribution in [0, 0.1) is 5.92 Å². The van der Waals surface area contributed by atoms with E-state index in [2.05, 4.69) is 11.8 Å². The summed E-state index contributed by atoms with van der Waals surface area (Å²) in [6, 6.07) is 0.458. The Labute approximate surface area is 118 Å². The van der Waals surface area contributed by atoms with E-state index in [1.54, 1.807) is 0 Å². The van der Waals surface area contributed by atoms with Gasteiger partial charge in [-0.2, -0.15) is 11.8 Å². The molecule has 1 amide bonds. The van der Waals surface area contributed by atoms with Gasteiger partial charge in [0, 0.05) is 37.2 Å². The first-order valence-corrected chi connectivity index (χ1v) is 8.05. The van der Waals surface area contributed by atoms with Gasteiger partial charge in [-0.3, -0.25) is 14.5 Å². The van der Waals surface area contributed by atoms with E-state index in [0.29, 0.717) is 38.5 Å². The van der Waals surface area contributed by atoms with E-state index in [-0.39, 0.29) is 11.8 Å². The zero-order valence-corrected chi connectivity index (χ0v) is 12.2. The fourth-order valence-corrected chi connectivity index (χ4v) is 3.73. The number of aliphatic carboxylic acids is 1. The zero-order valence-electron chi connectivity index (χ0n) is 11.4. The highest BCUT2D eigenvalue weighted by molar-refractivity contribution is 7.99. The average molecular weight is 286 g/mol. The van der Waals surface area contributed by atoms with Crippen molar-refractivity contribution < 1.29 is 14.7 Å². The third kappa shape index (κ3) is 3.86. The molecule has 2 saturated heterocycles. The lowest BCUT2D eigenvalue weighted by Crippen LogP contribution is -2.49. The molecule has 2 aliphatic heterocycles. The predicted octanol–water partition coefficient (Wildman–Crippen LogP) is 0.747. The van der Waals surface area contributed by atoms with Crippen molar-refractivity contribution in [2.24, 2.45) is 5.92 Å². The SMILES string of the molecule is CC1CSCCN1CC(=O)N1CCC(C(=O)O)CC1. The molecule has 0 aliphatic carbocycles. The Morgan fingerprint density at radius 1 is 1.26 bits per heavy atom. The molecule has 1 atom stereocenters. The number of hydrogen-bond acceptors (Lipinski definition) is 4. The van der Waals surface area contributed by atoms with Crippen molar-refractivity contribution in [3.8, 4) is 0 Å². The maximum absolute atomic E-state index is 12.2. The van der Waals surface area contributed by atoms with Crippen molar-refractivity contribution >= 4 is 23.6 Å². The predicted molar refractivity (Wildman–Crippen MR) is 75.3 cm³/mol. The first kappa shape index (κ1) is 14.7. The Balaban J connectivity index is 1.79. The van der Waals surface area contributed by atoms with Crippen molar-refractivity contribution in [3.63, 3.8) is 0 Å². The molecule has 6 heteroatoms. The number of carbonyl (C=O) groups is 2. The Morgan fingerprint density at radius 3 is 2.53 bits per heavy atom. The third-order valence-corrected chi connectivity index (χ3v) is 5.23. The molecule has 108 valence electrons. The largest absolute Gasteiger partial charge is 0.481 e. The van der Waals surface area contributed by atoms with Crippen molar-refractivity contribution in [1.82, 2.24) is 9.80 Å². The highest BCUT2D eigenvalue weighted by atomic mass is 32.2. The average Bonchev–Trinajstić information content (AvgIpc) is 2.41. The summed E-state index contributed by atoms with van der Waals surface area (Å²) in [6.45, 7) is 4.80. The molecule has 0 bridgehead atoms. The van der Waals surface area contributed by atoms with E-state index < -0.39 is 5.97 Å². The van der Waals surface area contributed by atoms with Crippen LogP contribution in [0.5, 0.6) is 0 Å². The molecular formula is C13H22N2O3S. The lowest BCUT2D eigenvalue weighted by molar-refractivity contribution is -0.146. The second-order valence-electron chi connectivity index (χ2n) is 5.39. The second-order valence-corrected chi connectivity index (χ2v) is 6.54. The van der Waals surface area contributed by atoms with Crippen molar-refractivity contribution in [3.05, 3.63) is 0 Å². The van der Waals surface area contributed by atoms with Crippen molar-refractivity contribution in [2.75, 3.05) is 37.7 Å². The minimum atomic E-state index is -0.728. The van der Waals surface area contributed by atoms with Gasteiger partial charge in [-0.25, -0.2) is 0 Å². The van der Waals surface area contributed by atoms with E-state index in [0.717, 1.165) is 18.1 Å². The molecule has 0 spiro atoms. The number of piperidine rings is 1. The van der Waals surface area contributed by atoms with Gasteiger partial charge in [-0.15, -0.1) is 0 Å². The van der Waals surface area contributed by atoms with Crippen LogP contribution >= 0.6 is 11.8 Å². The quantitative estimate of drug-likeness (QED) is 0.829. The van der Waals surface area contributed by atoms with E-state index in [1.165, 1.54) is 0 Å². The molecule has 0 radical (unpaired) electrons. The van der Waals surface area contributed by atoms with Crippen LogP contribution in [0.4, 0.5) is 0 Å². The minimum Gasteiger partial charge on any atom is -0.481 e. The van der Waals surface area contributed by atoms with Gasteiger partial charge in [0.05, 0.1) is 12.5 Å². The Bertz CT molecular complexity index is 343. The standard InChI is InChI=1S/C13H22N2O3S/c1-10-9-19-7-6-15(10)8-12(16)14-4-2-11(3-5-14)13(17)18/h10-11H,2-9H2,1H3,(H,17,18). The highest BCUT2D eigenvalue weighted by Gasteiger charge is 2.29. The van der Waals surface area contributed by atoms with Crippen molar-refractivity contribution in [1.29, 1.82) is 0 Å². The van der Waals surface area contributed by atoms with E-state index >= 15 is 0 Å². The summed E-state index contributed by atoms with van der Waals surface area (Å²) in [7, 11) is 0. The maximum Gasteiger partial charge on any atom is 0.306 e. The van der Waals surface area contributed by atoms with Crippen LogP contribution in [0.2, 0.25) is 0 Å². The van der Waals surface area contributed by atoms with Gasteiger partial charge in [0.15, 0.2) is 0 Å². The van der Waals surface area contributed by atoms with Gasteiger partial charge in [0.2, 0.25) is 5.91 Å². The molecule has 0 aromatic heterocycles. The van der Waals surface area contributed by atoms with E-state index in [4.69, 9.17) is 5.11 Å². The van der Waals surface area contributed by atoms with E-state index in [9.17, 15) is 9.59 Å². The van der Waals surface area contributed by atoms with Gasteiger partial charge in [0.1, 0.15) is 0 Å². The Hall–Kier alpha value is -0.750. The number of likely N-dealkylation sites (tertiary alicyclic amines) is 1. The summed E-state index contributed by atoms with van der Waals surface area (Å²) in [6.07, 6.45) is 1.18. The Kier molecular flexibility index (Phi) is 5.10. The van der Waals surface area contributed by atoms with Crippen LogP contribution < -0.4 is 0 Å². The smallest absolute Gasteiger partial charge is 0.306 e. The lowest BCUT2D eigenvalue weighted by atomic mass is 9.97. The summed E-state index contributed by atoms with van der Waals surface area (Å²) in [5, 5.41) is 8.94. The molecule has 0 saturated carbocycles. The molecule has 19 heavy (non-hydrogen) atoms. The molecular weight excluding hydrogens is 264 g/mol. The zero-order chi connectivity index (χ0) is 13.8. The van der Waals surface area contributed by atoms with Gasteiger partial charge in [-0.1, -0.05) is 0 Å². The Morgan fingerprint density at radius 2 is 1.95 bits per heavy atom. The summed E-state index contributed by atoms with van der Waals surface area (Å²) >= 11 is 1.94. The maximum atomic E-state index is 12.2. The number of hydrogen-bond donors (Lipinski definition) is 1. The first-order chi connectivity index (χ1) is 9.08. The molecule has 1 N–H and O–H groups in total. The fourth-order valence-electron chi connectivity index (χ4n) is 2.65. The molecule has 1 unspecified atom stereocenters. The van der Waals surface area contributed by atoms with Gasteiger partial charge in [-0.05, 0) is 19.8 Å². The number of nitrogens with zero attached hydrogens (tertiary/aromatic N) is 2. The van der Waals surface area contributed by atoms with Crippen LogP contribution in [-0.2, 0) is 9.59 Å². The minimum absolute atomic E-state index is 0.155. The van der Waals surface area contributed by atoms with E-state index in [1.807, 2.05) is 16.7 Å². The summed E-state index contributed by atoms with van der Waals surface area (Å²) in [5.74, 6) is 1.35. The number of amides is 1. The van der Waals surface area contributed by atoms with Gasteiger partial charge < -0.3 is 10.0 Å². The summed E-state index contributed by atoms with van der Waals surface area (Å²) in [5.41, 5.74) is 0. The van der Waals surface area contributed by atoms with Gasteiger partial charge in [0.25, 0.3) is 0 Å². The number of rotatable bonds is 3. The number of thioether (sulfide) groups is 1. The van der Waals surface area contributed by atoms with Crippen LogP contribution in [0.25, 0.3) is 0 Å². The van der Waals surface area contributed by atoms with Gasteiger partial charge >= 0.3 is 5.97 Å². The molecule has 0 aromatic carbocycles. The van der Waals surface area contributed by atoms with Crippen LogP contribution in [0.1, 0.15) is 19.8 Å². The second kappa shape index (κ2) is 6.61. The fraction of sp³-hybridized carbons (Fsp3) is 0.846. The molecule has 2 fully saturated rings. The highest BCUT2D eigenvalue weighted by Crippen LogP contribution is 2.19. The molecule has 2 rings (SSSR count). The lowest BCUT2D eigenvalue weighted by Gasteiger charge is -2.36. The summed E-state index contributed by atoms with van der Waals surface area (Å²) < 4.78 is 0. The molecule has 2 aliphatic rings. The monoisotopic (exact) mass is 286 g/mol. The number of carboxylic acids is 1. The molecule has 5 nitrogen and oxygen atoms in total. The van der Waals surface area contributed by atoms with Crippen LogP contribution in [0.15, 0.2) is 0 Å². The summed E-state index contributed by atoms with van der Waals surface area (Å²) in [4.78, 5) is 27.2. The first-order valence-electron chi connectivity index (χ1n) is 6.90. The van der Waals surface area contributed by atoms with Crippen LogP contribution in [-0.4, -0.2) is 70.5 Å². The number of carbonyl (C=O) groups excluding carboxylic acids is 1. The van der Waals surface area contributed by atoms with Crippen molar-refractivity contribution in [2.45, 2.75) is 25.8 Å². The number of carboxylic acid groups (broad SMARTS) is 1. The molecule has 0 aromatic rings. The molecule has 2 heterocycles. The normalized spacial score (nSPS) is 26.4. The topological polar surface area (TPSA) is 60.9 Å².